The lowest BCUT2D eigenvalue weighted by Gasteiger charge is -2.06. The van der Waals surface area contributed by atoms with Crippen LogP contribution in [-0.4, -0.2) is 23.2 Å². The van der Waals surface area contributed by atoms with E-state index in [1.165, 1.54) is 0 Å². The van der Waals surface area contributed by atoms with E-state index < -0.39 is 0 Å². The molecular formula is C19H19N3O3. The topological polar surface area (TPSA) is 77.2 Å². The van der Waals surface area contributed by atoms with E-state index in [4.69, 9.17) is 9.15 Å². The van der Waals surface area contributed by atoms with Gasteiger partial charge in [-0.25, -0.2) is 0 Å². The first kappa shape index (κ1) is 16.7. The first-order valence-electron chi connectivity index (χ1n) is 7.98. The molecule has 1 amide bonds. The summed E-state index contributed by atoms with van der Waals surface area (Å²) in [7, 11) is 1.59. The van der Waals surface area contributed by atoms with Crippen LogP contribution in [0.5, 0.6) is 5.75 Å². The molecular weight excluding hydrogens is 318 g/mol. The zero-order valence-electron chi connectivity index (χ0n) is 14.2. The van der Waals surface area contributed by atoms with Gasteiger partial charge in [0.1, 0.15) is 5.75 Å². The van der Waals surface area contributed by atoms with Gasteiger partial charge in [0.25, 0.3) is 0 Å². The second kappa shape index (κ2) is 7.61. The van der Waals surface area contributed by atoms with Gasteiger partial charge < -0.3 is 14.5 Å². The molecule has 3 rings (SSSR count). The number of hydrogen-bond donors (Lipinski definition) is 1. The van der Waals surface area contributed by atoms with Crippen LogP contribution in [0.25, 0.3) is 11.5 Å². The summed E-state index contributed by atoms with van der Waals surface area (Å²) in [6.45, 7) is 1.99. The molecule has 0 aliphatic carbocycles. The van der Waals surface area contributed by atoms with Gasteiger partial charge in [-0.15, -0.1) is 10.2 Å². The number of hydrogen-bond acceptors (Lipinski definition) is 5. The number of methoxy groups -OCH3 is 1. The minimum absolute atomic E-state index is 0.121. The molecule has 128 valence electrons. The summed E-state index contributed by atoms with van der Waals surface area (Å²) in [6, 6.07) is 15.0. The second-order valence-corrected chi connectivity index (χ2v) is 5.60. The molecule has 0 atom stereocenters. The standard InChI is InChI=1S/C19H19N3O3/c1-13-6-3-4-9-16(13)19-22-21-18(25-19)11-10-17(23)20-14-7-5-8-15(12-14)24-2/h3-9,12H,10-11H2,1-2H3,(H,20,23). The number of benzene rings is 2. The number of rotatable bonds is 6. The zero-order valence-corrected chi connectivity index (χ0v) is 14.2. The van der Waals surface area contributed by atoms with Crippen LogP contribution in [0.2, 0.25) is 0 Å². The maximum absolute atomic E-state index is 12.1. The van der Waals surface area contributed by atoms with Gasteiger partial charge in [-0.05, 0) is 30.7 Å². The molecule has 2 aromatic carbocycles. The third-order valence-electron chi connectivity index (χ3n) is 3.76. The van der Waals surface area contributed by atoms with Crippen LogP contribution in [0.3, 0.4) is 0 Å². The highest BCUT2D eigenvalue weighted by molar-refractivity contribution is 5.90. The lowest BCUT2D eigenvalue weighted by molar-refractivity contribution is -0.116. The van der Waals surface area contributed by atoms with Gasteiger partial charge in [-0.1, -0.05) is 24.3 Å². The number of nitrogens with one attached hydrogen (secondary N) is 1. The van der Waals surface area contributed by atoms with E-state index in [1.807, 2.05) is 49.4 Å². The SMILES string of the molecule is COc1cccc(NC(=O)CCc2nnc(-c3ccccc3C)o2)c1. The molecule has 6 heteroatoms. The van der Waals surface area contributed by atoms with E-state index in [0.29, 0.717) is 29.6 Å². The summed E-state index contributed by atoms with van der Waals surface area (Å²) >= 11 is 0. The highest BCUT2D eigenvalue weighted by atomic mass is 16.5. The largest absolute Gasteiger partial charge is 0.497 e. The van der Waals surface area contributed by atoms with E-state index in [0.717, 1.165) is 11.1 Å². The summed E-state index contributed by atoms with van der Waals surface area (Å²) in [5, 5.41) is 10.9. The fraction of sp³-hybridized carbons (Fsp3) is 0.211. The van der Waals surface area contributed by atoms with Crippen molar-refractivity contribution in [3.63, 3.8) is 0 Å². The van der Waals surface area contributed by atoms with Crippen LogP contribution in [-0.2, 0) is 11.2 Å². The Kier molecular flexibility index (Phi) is 5.09. The van der Waals surface area contributed by atoms with Crippen LogP contribution in [0.1, 0.15) is 17.9 Å². The number of carbonyl (C=O) groups is 1. The van der Waals surface area contributed by atoms with Crippen molar-refractivity contribution in [3.05, 3.63) is 60.0 Å². The number of aryl methyl sites for hydroxylation is 2. The molecule has 0 saturated carbocycles. The molecule has 1 aromatic heterocycles. The van der Waals surface area contributed by atoms with Gasteiger partial charge in [0.15, 0.2) is 0 Å². The molecule has 0 spiro atoms. The van der Waals surface area contributed by atoms with Gasteiger partial charge in [0.2, 0.25) is 17.7 Å². The molecule has 0 aliphatic heterocycles. The molecule has 0 fully saturated rings. The lowest BCUT2D eigenvalue weighted by atomic mass is 10.1. The first-order chi connectivity index (χ1) is 12.2. The van der Waals surface area contributed by atoms with Crippen molar-refractivity contribution in [2.45, 2.75) is 19.8 Å². The van der Waals surface area contributed by atoms with Crippen molar-refractivity contribution in [2.75, 3.05) is 12.4 Å². The summed E-state index contributed by atoms with van der Waals surface area (Å²) in [5.41, 5.74) is 2.66. The quantitative estimate of drug-likeness (QED) is 0.743. The maximum Gasteiger partial charge on any atom is 0.247 e. The van der Waals surface area contributed by atoms with Gasteiger partial charge in [0, 0.05) is 30.2 Å². The first-order valence-corrected chi connectivity index (χ1v) is 7.98. The Morgan fingerprint density at radius 1 is 1.16 bits per heavy atom. The molecule has 6 nitrogen and oxygen atoms in total. The highest BCUT2D eigenvalue weighted by Crippen LogP contribution is 2.22. The molecule has 0 bridgehead atoms. The number of aromatic nitrogens is 2. The Labute approximate surface area is 145 Å². The monoisotopic (exact) mass is 337 g/mol. The van der Waals surface area contributed by atoms with E-state index in [-0.39, 0.29) is 12.3 Å². The summed E-state index contributed by atoms with van der Waals surface area (Å²) in [4.78, 5) is 12.1. The molecule has 3 aromatic rings. The van der Waals surface area contributed by atoms with Crippen molar-refractivity contribution in [1.82, 2.24) is 10.2 Å². The van der Waals surface area contributed by atoms with Crippen LogP contribution in [0.15, 0.2) is 52.9 Å². The summed E-state index contributed by atoms with van der Waals surface area (Å²) in [6.07, 6.45) is 0.640. The fourth-order valence-electron chi connectivity index (χ4n) is 2.42. The third kappa shape index (κ3) is 4.23. The van der Waals surface area contributed by atoms with Crippen molar-refractivity contribution in [1.29, 1.82) is 0 Å². The Balaban J connectivity index is 1.58. The fourth-order valence-corrected chi connectivity index (χ4v) is 2.42. The van der Waals surface area contributed by atoms with Gasteiger partial charge >= 0.3 is 0 Å². The van der Waals surface area contributed by atoms with Crippen LogP contribution < -0.4 is 10.1 Å². The predicted octanol–water partition coefficient (Wildman–Crippen LogP) is 3.62. The Hall–Kier alpha value is -3.15. The van der Waals surface area contributed by atoms with E-state index >= 15 is 0 Å². The number of ether oxygens (including phenoxy) is 1. The average molecular weight is 337 g/mol. The highest BCUT2D eigenvalue weighted by Gasteiger charge is 2.12. The van der Waals surface area contributed by atoms with Crippen molar-refractivity contribution in [2.24, 2.45) is 0 Å². The zero-order chi connectivity index (χ0) is 17.6. The summed E-state index contributed by atoms with van der Waals surface area (Å²) in [5.74, 6) is 1.49. The lowest BCUT2D eigenvalue weighted by Crippen LogP contribution is -2.12. The Bertz CT molecular complexity index is 874. The van der Waals surface area contributed by atoms with E-state index in [2.05, 4.69) is 15.5 Å². The predicted molar refractivity (Wildman–Crippen MR) is 94.4 cm³/mol. The Morgan fingerprint density at radius 2 is 2.00 bits per heavy atom. The smallest absolute Gasteiger partial charge is 0.247 e. The number of nitrogens with zero attached hydrogens (tertiary/aromatic N) is 2. The molecule has 25 heavy (non-hydrogen) atoms. The van der Waals surface area contributed by atoms with Crippen molar-refractivity contribution < 1.29 is 13.9 Å². The minimum atomic E-state index is -0.121. The van der Waals surface area contributed by atoms with Gasteiger partial charge in [-0.3, -0.25) is 4.79 Å². The van der Waals surface area contributed by atoms with Gasteiger partial charge in [0.05, 0.1) is 7.11 Å². The molecule has 0 radical (unpaired) electrons. The van der Waals surface area contributed by atoms with Crippen LogP contribution in [0.4, 0.5) is 5.69 Å². The van der Waals surface area contributed by atoms with E-state index in [1.54, 1.807) is 13.2 Å². The van der Waals surface area contributed by atoms with E-state index in [9.17, 15) is 4.79 Å². The maximum atomic E-state index is 12.1. The molecule has 0 aliphatic rings. The molecule has 1 N–H and O–H groups in total. The number of anilines is 1. The van der Waals surface area contributed by atoms with Gasteiger partial charge in [-0.2, -0.15) is 0 Å². The normalized spacial score (nSPS) is 10.5. The molecule has 0 saturated heterocycles. The molecule has 0 unspecified atom stereocenters. The third-order valence-corrected chi connectivity index (χ3v) is 3.76. The van der Waals surface area contributed by atoms with Crippen LogP contribution in [0, 0.1) is 6.92 Å². The van der Waals surface area contributed by atoms with Crippen LogP contribution >= 0.6 is 0 Å². The number of carbonyl (C=O) groups excluding carboxylic acids is 1. The summed E-state index contributed by atoms with van der Waals surface area (Å²) < 4.78 is 10.8. The minimum Gasteiger partial charge on any atom is -0.497 e. The van der Waals surface area contributed by atoms with Crippen molar-refractivity contribution in [3.8, 4) is 17.2 Å². The van der Waals surface area contributed by atoms with Crippen molar-refractivity contribution >= 4 is 11.6 Å². The molecule has 1 heterocycles. The number of amides is 1. The second-order valence-electron chi connectivity index (χ2n) is 5.60. The Morgan fingerprint density at radius 3 is 2.80 bits per heavy atom. The average Bonchev–Trinajstić information content (AvgIpc) is 3.09.